The molecule has 0 saturated carbocycles. The number of halogens is 1. The molecule has 0 unspecified atom stereocenters. The summed E-state index contributed by atoms with van der Waals surface area (Å²) in [4.78, 5) is 32.0. The Labute approximate surface area is 201 Å². The minimum Gasteiger partial charge on any atom is -0.357 e. The summed E-state index contributed by atoms with van der Waals surface area (Å²) in [5, 5.41) is 3.35. The maximum absolute atomic E-state index is 12.5. The van der Waals surface area contributed by atoms with Crippen LogP contribution in [0, 0.1) is 0 Å². The predicted octanol–water partition coefficient (Wildman–Crippen LogP) is 2.23. The third kappa shape index (κ3) is 7.64. The molecule has 1 amide bonds. The van der Waals surface area contributed by atoms with E-state index in [2.05, 4.69) is 32.0 Å². The monoisotopic (exact) mass is 537 g/mol. The molecule has 0 aliphatic carbocycles. The van der Waals surface area contributed by atoms with Gasteiger partial charge in [-0.25, -0.2) is 9.97 Å². The summed E-state index contributed by atoms with van der Waals surface area (Å²) < 4.78 is 0. The first kappa shape index (κ1) is 24.8. The molecule has 1 saturated heterocycles. The number of nitrogens with one attached hydrogen (secondary N) is 1. The third-order valence-corrected chi connectivity index (χ3v) is 5.02. The lowest BCUT2D eigenvalue weighted by atomic mass is 10.2. The van der Waals surface area contributed by atoms with Crippen molar-refractivity contribution in [2.24, 2.45) is 4.99 Å². The lowest BCUT2D eigenvalue weighted by molar-refractivity contribution is -0.130. The summed E-state index contributed by atoms with van der Waals surface area (Å²) in [6, 6.07) is 11.9. The topological polar surface area (TPSA) is 77.0 Å². The fraction of sp³-hybridized carbons (Fsp3) is 0.455. The summed E-state index contributed by atoms with van der Waals surface area (Å²) in [5.41, 5.74) is 1.13. The van der Waals surface area contributed by atoms with Crippen LogP contribution in [0.4, 0.5) is 5.95 Å². The Kier molecular flexibility index (Phi) is 10.5. The van der Waals surface area contributed by atoms with Crippen LogP contribution < -0.4 is 10.2 Å². The Hall–Kier alpha value is -2.43. The van der Waals surface area contributed by atoms with Crippen LogP contribution in [-0.2, 0) is 11.3 Å². The SMILES string of the molecule is CCNC(=NCCC(=O)N(C)Cc1ccccc1)N1CCN(c2ncccn2)CC1.I. The standard InChI is InChI=1S/C22H31N7O.HI/c1-3-23-21(28-14-16-29(17-15-28)22-24-11-7-12-25-22)26-13-10-20(30)27(2)18-19-8-5-4-6-9-19;/h4-9,11-12H,3,10,13-18H2,1-2H3,(H,23,26);1H. The molecule has 0 atom stereocenters. The summed E-state index contributed by atoms with van der Waals surface area (Å²) in [6.45, 7) is 7.30. The number of nitrogens with zero attached hydrogens (tertiary/aromatic N) is 6. The van der Waals surface area contributed by atoms with Gasteiger partial charge in [0, 0.05) is 65.1 Å². The molecule has 1 aliphatic rings. The zero-order valence-electron chi connectivity index (χ0n) is 18.3. The third-order valence-electron chi connectivity index (χ3n) is 5.02. The molecule has 9 heteroatoms. The average Bonchev–Trinajstić information content (AvgIpc) is 2.80. The molecule has 3 rings (SSSR count). The van der Waals surface area contributed by atoms with Crippen molar-refractivity contribution in [3.8, 4) is 0 Å². The Morgan fingerprint density at radius 1 is 1.10 bits per heavy atom. The Morgan fingerprint density at radius 2 is 1.77 bits per heavy atom. The van der Waals surface area contributed by atoms with E-state index in [-0.39, 0.29) is 29.9 Å². The first-order valence-electron chi connectivity index (χ1n) is 10.5. The molecular weight excluding hydrogens is 505 g/mol. The van der Waals surface area contributed by atoms with E-state index >= 15 is 0 Å². The van der Waals surface area contributed by atoms with Crippen molar-refractivity contribution >= 4 is 41.8 Å². The highest BCUT2D eigenvalue weighted by Gasteiger charge is 2.21. The maximum atomic E-state index is 12.5. The lowest BCUT2D eigenvalue weighted by Gasteiger charge is -2.36. The van der Waals surface area contributed by atoms with E-state index < -0.39 is 0 Å². The van der Waals surface area contributed by atoms with Gasteiger partial charge in [-0.05, 0) is 18.6 Å². The van der Waals surface area contributed by atoms with Crippen molar-refractivity contribution in [1.29, 1.82) is 0 Å². The molecule has 2 aromatic rings. The molecule has 31 heavy (non-hydrogen) atoms. The van der Waals surface area contributed by atoms with Crippen molar-refractivity contribution in [1.82, 2.24) is 25.1 Å². The molecule has 1 aliphatic heterocycles. The van der Waals surface area contributed by atoms with E-state index in [4.69, 9.17) is 4.99 Å². The van der Waals surface area contributed by atoms with Crippen molar-refractivity contribution in [3.63, 3.8) is 0 Å². The van der Waals surface area contributed by atoms with Gasteiger partial charge >= 0.3 is 0 Å². The number of benzene rings is 1. The number of rotatable bonds is 7. The van der Waals surface area contributed by atoms with Crippen LogP contribution in [0.2, 0.25) is 0 Å². The van der Waals surface area contributed by atoms with Crippen LogP contribution >= 0.6 is 24.0 Å². The molecular formula is C22H32IN7O. The van der Waals surface area contributed by atoms with Gasteiger partial charge in [-0.3, -0.25) is 9.79 Å². The summed E-state index contributed by atoms with van der Waals surface area (Å²) in [7, 11) is 1.84. The first-order chi connectivity index (χ1) is 14.7. The highest BCUT2D eigenvalue weighted by atomic mass is 127. The second kappa shape index (κ2) is 13.1. The van der Waals surface area contributed by atoms with Crippen LogP contribution in [0.15, 0.2) is 53.8 Å². The lowest BCUT2D eigenvalue weighted by Crippen LogP contribution is -2.53. The molecule has 1 aromatic heterocycles. The smallest absolute Gasteiger partial charge is 0.225 e. The zero-order valence-corrected chi connectivity index (χ0v) is 20.6. The van der Waals surface area contributed by atoms with Gasteiger partial charge in [0.1, 0.15) is 0 Å². The van der Waals surface area contributed by atoms with E-state index in [1.165, 1.54) is 0 Å². The number of aromatic nitrogens is 2. The quantitative estimate of drug-likeness (QED) is 0.332. The van der Waals surface area contributed by atoms with Crippen LogP contribution in [0.25, 0.3) is 0 Å². The van der Waals surface area contributed by atoms with E-state index in [1.54, 1.807) is 17.3 Å². The minimum absolute atomic E-state index is 0. The number of carbonyl (C=O) groups excluding carboxylic acids is 1. The molecule has 0 bridgehead atoms. The van der Waals surface area contributed by atoms with Gasteiger partial charge in [0.25, 0.3) is 0 Å². The van der Waals surface area contributed by atoms with Crippen LogP contribution in [0.1, 0.15) is 18.9 Å². The molecule has 2 heterocycles. The second-order valence-electron chi connectivity index (χ2n) is 7.24. The van der Waals surface area contributed by atoms with E-state index in [0.29, 0.717) is 19.5 Å². The van der Waals surface area contributed by atoms with Crippen LogP contribution in [0.3, 0.4) is 0 Å². The van der Waals surface area contributed by atoms with E-state index in [9.17, 15) is 4.79 Å². The average molecular weight is 537 g/mol. The van der Waals surface area contributed by atoms with Gasteiger partial charge in [0.05, 0.1) is 6.54 Å². The number of guanidine groups is 1. The van der Waals surface area contributed by atoms with Crippen LogP contribution in [-0.4, -0.2) is 78.0 Å². The van der Waals surface area contributed by atoms with Gasteiger partial charge in [-0.1, -0.05) is 30.3 Å². The molecule has 1 N–H and O–H groups in total. The number of hydrogen-bond acceptors (Lipinski definition) is 5. The number of carbonyl (C=O) groups is 1. The highest BCUT2D eigenvalue weighted by Crippen LogP contribution is 2.10. The van der Waals surface area contributed by atoms with Crippen molar-refractivity contribution < 1.29 is 4.79 Å². The first-order valence-corrected chi connectivity index (χ1v) is 10.5. The summed E-state index contributed by atoms with van der Waals surface area (Å²) in [6.07, 6.45) is 3.94. The van der Waals surface area contributed by atoms with Gasteiger partial charge in [-0.2, -0.15) is 0 Å². The summed E-state index contributed by atoms with van der Waals surface area (Å²) in [5.74, 6) is 1.74. The van der Waals surface area contributed by atoms with Crippen molar-refractivity contribution in [3.05, 3.63) is 54.4 Å². The predicted molar refractivity (Wildman–Crippen MR) is 135 cm³/mol. The fourth-order valence-electron chi connectivity index (χ4n) is 3.39. The Balaban J connectivity index is 0.00000341. The zero-order chi connectivity index (χ0) is 21.2. The van der Waals surface area contributed by atoms with Gasteiger partial charge in [-0.15, -0.1) is 24.0 Å². The second-order valence-corrected chi connectivity index (χ2v) is 7.24. The molecule has 1 aromatic carbocycles. The molecule has 0 radical (unpaired) electrons. The fourth-order valence-corrected chi connectivity index (χ4v) is 3.39. The molecule has 0 spiro atoms. The molecule has 1 fully saturated rings. The highest BCUT2D eigenvalue weighted by molar-refractivity contribution is 14.0. The Bertz CT molecular complexity index is 811. The number of aliphatic imine (C=N–C) groups is 1. The maximum Gasteiger partial charge on any atom is 0.225 e. The van der Waals surface area contributed by atoms with Crippen LogP contribution in [0.5, 0.6) is 0 Å². The van der Waals surface area contributed by atoms with E-state index in [1.807, 2.05) is 43.4 Å². The minimum atomic E-state index is 0. The largest absolute Gasteiger partial charge is 0.357 e. The van der Waals surface area contributed by atoms with Gasteiger partial charge in [0.2, 0.25) is 11.9 Å². The Morgan fingerprint density at radius 3 is 2.42 bits per heavy atom. The molecule has 168 valence electrons. The van der Waals surface area contributed by atoms with Gasteiger partial charge < -0.3 is 20.0 Å². The normalized spacial score (nSPS) is 14.1. The van der Waals surface area contributed by atoms with Crippen molar-refractivity contribution in [2.45, 2.75) is 19.9 Å². The number of piperazine rings is 1. The van der Waals surface area contributed by atoms with E-state index in [0.717, 1.165) is 50.2 Å². The number of amides is 1. The number of hydrogen-bond donors (Lipinski definition) is 1. The van der Waals surface area contributed by atoms with Crippen molar-refractivity contribution in [2.75, 3.05) is 51.2 Å². The number of anilines is 1. The molecule has 8 nitrogen and oxygen atoms in total. The summed E-state index contributed by atoms with van der Waals surface area (Å²) >= 11 is 0. The van der Waals surface area contributed by atoms with Gasteiger partial charge in [0.15, 0.2) is 5.96 Å².